The van der Waals surface area contributed by atoms with Crippen LogP contribution in [-0.2, 0) is 14.6 Å². The Morgan fingerprint density at radius 1 is 1.40 bits per heavy atom. The van der Waals surface area contributed by atoms with Crippen LogP contribution in [0.4, 0.5) is 4.39 Å². The van der Waals surface area contributed by atoms with Gasteiger partial charge in [-0.25, -0.2) is 18.2 Å². The van der Waals surface area contributed by atoms with Gasteiger partial charge in [-0.15, -0.1) is 0 Å². The van der Waals surface area contributed by atoms with Crippen molar-refractivity contribution in [3.8, 4) is 0 Å². The van der Waals surface area contributed by atoms with Crippen LogP contribution in [0.25, 0.3) is 0 Å². The fourth-order valence-corrected chi connectivity index (χ4v) is 3.79. The van der Waals surface area contributed by atoms with Gasteiger partial charge in [-0.1, -0.05) is 18.2 Å². The van der Waals surface area contributed by atoms with E-state index in [1.807, 2.05) is 0 Å². The van der Waals surface area contributed by atoms with E-state index >= 15 is 0 Å². The van der Waals surface area contributed by atoms with Gasteiger partial charge in [0.15, 0.2) is 9.84 Å². The number of rotatable bonds is 3. The van der Waals surface area contributed by atoms with E-state index < -0.39 is 27.5 Å². The maximum atomic E-state index is 13.5. The van der Waals surface area contributed by atoms with E-state index in [1.165, 1.54) is 6.07 Å². The summed E-state index contributed by atoms with van der Waals surface area (Å²) in [6.07, 6.45) is 0.308. The van der Waals surface area contributed by atoms with Gasteiger partial charge in [-0.05, 0) is 19.4 Å². The highest BCUT2D eigenvalue weighted by Gasteiger charge is 2.32. The zero-order chi connectivity index (χ0) is 14.8. The molecule has 1 aliphatic heterocycles. The molecule has 1 heterocycles. The number of nitrogens with zero attached hydrogens (tertiary/aromatic N) is 1. The van der Waals surface area contributed by atoms with Crippen LogP contribution in [0.5, 0.6) is 0 Å². The minimum atomic E-state index is -3.11. The molecule has 0 spiro atoms. The molecular weight excluding hydrogens is 283 g/mol. The number of sulfone groups is 1. The maximum absolute atomic E-state index is 13.5. The van der Waals surface area contributed by atoms with Crippen LogP contribution in [0.15, 0.2) is 29.4 Å². The highest BCUT2D eigenvalue weighted by molar-refractivity contribution is 7.91. The van der Waals surface area contributed by atoms with E-state index in [0.717, 1.165) is 0 Å². The second kappa shape index (κ2) is 5.70. The molecule has 0 radical (unpaired) electrons. The largest absolute Gasteiger partial charge is 0.273 e. The van der Waals surface area contributed by atoms with E-state index in [4.69, 9.17) is 0 Å². The second-order valence-corrected chi connectivity index (χ2v) is 6.98. The molecule has 1 atom stereocenters. The average molecular weight is 298 g/mol. The van der Waals surface area contributed by atoms with Gasteiger partial charge in [0, 0.05) is 5.56 Å². The standard InChI is InChI=1S/C13H15FN2O3S/c1-9(11-4-2-3-5-12(11)14)15-16-13(17)10-6-7-20(18,19)8-10/h2-5,10H,6-8H2,1H3,(H,16,17)/b15-9-/t10-/m1/s1. The molecule has 7 heteroatoms. The Morgan fingerprint density at radius 3 is 2.70 bits per heavy atom. The normalized spacial score (nSPS) is 21.7. The van der Waals surface area contributed by atoms with Gasteiger partial charge in [-0.3, -0.25) is 4.79 Å². The molecule has 1 aromatic carbocycles. The molecule has 0 aromatic heterocycles. The van der Waals surface area contributed by atoms with Crippen LogP contribution in [-0.4, -0.2) is 31.5 Å². The number of hydrazone groups is 1. The lowest BCUT2D eigenvalue weighted by Crippen LogP contribution is -2.28. The van der Waals surface area contributed by atoms with Gasteiger partial charge in [-0.2, -0.15) is 5.10 Å². The van der Waals surface area contributed by atoms with Crippen molar-refractivity contribution in [1.82, 2.24) is 5.43 Å². The summed E-state index contributed by atoms with van der Waals surface area (Å²) in [5.74, 6) is -1.56. The molecule has 1 amide bonds. The summed E-state index contributed by atoms with van der Waals surface area (Å²) in [4.78, 5) is 11.8. The number of hydrogen-bond acceptors (Lipinski definition) is 4. The lowest BCUT2D eigenvalue weighted by Gasteiger charge is -2.07. The Kier molecular flexibility index (Phi) is 4.17. The first-order valence-corrected chi connectivity index (χ1v) is 8.00. The Bertz CT molecular complexity index is 655. The predicted molar refractivity (Wildman–Crippen MR) is 73.5 cm³/mol. The van der Waals surface area contributed by atoms with E-state index in [2.05, 4.69) is 10.5 Å². The minimum absolute atomic E-state index is 0.0289. The summed E-state index contributed by atoms with van der Waals surface area (Å²) < 4.78 is 36.1. The SMILES string of the molecule is C/C(=N/NC(=O)[C@@H]1CCS(=O)(=O)C1)c1ccccc1F. The van der Waals surface area contributed by atoms with Gasteiger partial charge in [0.2, 0.25) is 5.91 Å². The molecule has 2 rings (SSSR count). The third kappa shape index (κ3) is 3.41. The molecule has 1 fully saturated rings. The Hall–Kier alpha value is -1.76. The van der Waals surface area contributed by atoms with Gasteiger partial charge >= 0.3 is 0 Å². The number of carbonyl (C=O) groups excluding carboxylic acids is 1. The first-order chi connectivity index (χ1) is 9.39. The summed E-state index contributed by atoms with van der Waals surface area (Å²) in [6.45, 7) is 1.57. The molecule has 20 heavy (non-hydrogen) atoms. The van der Waals surface area contributed by atoms with Crippen molar-refractivity contribution in [3.05, 3.63) is 35.6 Å². The molecular formula is C13H15FN2O3S. The Labute approximate surface area is 116 Å². The maximum Gasteiger partial charge on any atom is 0.244 e. The summed E-state index contributed by atoms with van der Waals surface area (Å²) in [5, 5.41) is 3.83. The number of carbonyl (C=O) groups is 1. The van der Waals surface area contributed by atoms with Crippen LogP contribution < -0.4 is 5.43 Å². The van der Waals surface area contributed by atoms with Crippen molar-refractivity contribution >= 4 is 21.5 Å². The molecule has 1 aromatic rings. The number of hydrogen-bond donors (Lipinski definition) is 1. The van der Waals surface area contributed by atoms with Crippen molar-refractivity contribution in [2.75, 3.05) is 11.5 Å². The molecule has 1 saturated heterocycles. The highest BCUT2D eigenvalue weighted by Crippen LogP contribution is 2.18. The van der Waals surface area contributed by atoms with Crippen LogP contribution in [0, 0.1) is 11.7 Å². The van der Waals surface area contributed by atoms with Gasteiger partial charge in [0.25, 0.3) is 0 Å². The molecule has 0 bridgehead atoms. The van der Waals surface area contributed by atoms with Gasteiger partial charge in [0.05, 0.1) is 23.1 Å². The van der Waals surface area contributed by atoms with Crippen LogP contribution >= 0.6 is 0 Å². The summed E-state index contributed by atoms with van der Waals surface area (Å²) >= 11 is 0. The van der Waals surface area contributed by atoms with Crippen molar-refractivity contribution in [2.24, 2.45) is 11.0 Å². The summed E-state index contributed by atoms with van der Waals surface area (Å²) in [5.41, 5.74) is 2.93. The fourth-order valence-electron chi connectivity index (χ4n) is 2.05. The first kappa shape index (κ1) is 14.6. The van der Waals surface area contributed by atoms with Gasteiger partial charge < -0.3 is 0 Å². The molecule has 0 unspecified atom stereocenters. The molecule has 0 saturated carbocycles. The van der Waals surface area contributed by atoms with Crippen molar-refractivity contribution in [3.63, 3.8) is 0 Å². The summed E-state index contributed by atoms with van der Waals surface area (Å²) in [7, 11) is -3.11. The first-order valence-electron chi connectivity index (χ1n) is 6.18. The molecule has 1 aliphatic rings. The monoisotopic (exact) mass is 298 g/mol. The average Bonchev–Trinajstić information content (AvgIpc) is 2.76. The van der Waals surface area contributed by atoms with E-state index in [9.17, 15) is 17.6 Å². The lowest BCUT2D eigenvalue weighted by atomic mass is 10.1. The molecule has 0 aliphatic carbocycles. The van der Waals surface area contributed by atoms with Crippen molar-refractivity contribution < 1.29 is 17.6 Å². The second-order valence-electron chi connectivity index (χ2n) is 4.75. The molecule has 108 valence electrons. The fraction of sp³-hybridized carbons (Fsp3) is 0.385. The number of nitrogens with one attached hydrogen (secondary N) is 1. The van der Waals surface area contributed by atoms with E-state index in [-0.39, 0.29) is 11.5 Å². The molecule has 1 N–H and O–H groups in total. The Balaban J connectivity index is 2.03. The Morgan fingerprint density at radius 2 is 2.10 bits per heavy atom. The third-order valence-electron chi connectivity index (χ3n) is 3.20. The molecule has 5 nitrogen and oxygen atoms in total. The van der Waals surface area contributed by atoms with Crippen LogP contribution in [0.3, 0.4) is 0 Å². The third-order valence-corrected chi connectivity index (χ3v) is 4.97. The lowest BCUT2D eigenvalue weighted by molar-refractivity contribution is -0.124. The topological polar surface area (TPSA) is 75.6 Å². The predicted octanol–water partition coefficient (Wildman–Crippen LogP) is 1.10. The number of benzene rings is 1. The highest BCUT2D eigenvalue weighted by atomic mass is 32.2. The van der Waals surface area contributed by atoms with Crippen molar-refractivity contribution in [2.45, 2.75) is 13.3 Å². The van der Waals surface area contributed by atoms with Crippen LogP contribution in [0.2, 0.25) is 0 Å². The van der Waals surface area contributed by atoms with E-state index in [0.29, 0.717) is 17.7 Å². The zero-order valence-corrected chi connectivity index (χ0v) is 11.8. The van der Waals surface area contributed by atoms with Crippen molar-refractivity contribution in [1.29, 1.82) is 0 Å². The minimum Gasteiger partial charge on any atom is -0.273 e. The number of halogens is 1. The quantitative estimate of drug-likeness (QED) is 0.670. The summed E-state index contributed by atoms with van der Waals surface area (Å²) in [6, 6.07) is 6.09. The number of amides is 1. The zero-order valence-electron chi connectivity index (χ0n) is 11.0. The van der Waals surface area contributed by atoms with Crippen LogP contribution in [0.1, 0.15) is 18.9 Å². The smallest absolute Gasteiger partial charge is 0.244 e. The van der Waals surface area contributed by atoms with E-state index in [1.54, 1.807) is 25.1 Å². The van der Waals surface area contributed by atoms with Gasteiger partial charge in [0.1, 0.15) is 5.82 Å².